The molecule has 0 aromatic carbocycles. The minimum atomic E-state index is -0.0779. The molecule has 0 radical (unpaired) electrons. The van der Waals surface area contributed by atoms with Crippen molar-refractivity contribution in [2.45, 2.75) is 50.6 Å². The SMILES string of the molecule is Cn1ccc(C(N)Cc2ccn(C3CCCCC3)n2)n1. The van der Waals surface area contributed by atoms with Crippen LogP contribution in [-0.2, 0) is 13.5 Å². The Hall–Kier alpha value is -1.62. The monoisotopic (exact) mass is 273 g/mol. The van der Waals surface area contributed by atoms with Crippen LogP contribution in [0.5, 0.6) is 0 Å². The van der Waals surface area contributed by atoms with E-state index in [2.05, 4.69) is 22.0 Å². The molecule has 2 N–H and O–H groups in total. The van der Waals surface area contributed by atoms with E-state index in [1.54, 1.807) is 4.68 Å². The quantitative estimate of drug-likeness (QED) is 0.930. The summed E-state index contributed by atoms with van der Waals surface area (Å²) in [4.78, 5) is 0. The lowest BCUT2D eigenvalue weighted by atomic mass is 9.96. The third-order valence-corrected chi connectivity index (χ3v) is 4.16. The number of nitrogens with two attached hydrogens (primary N) is 1. The van der Waals surface area contributed by atoms with Crippen LogP contribution in [0.2, 0.25) is 0 Å². The third-order valence-electron chi connectivity index (χ3n) is 4.16. The van der Waals surface area contributed by atoms with Gasteiger partial charge in [-0.1, -0.05) is 19.3 Å². The normalized spacial score (nSPS) is 18.3. The van der Waals surface area contributed by atoms with Gasteiger partial charge in [-0.2, -0.15) is 10.2 Å². The fraction of sp³-hybridized carbons (Fsp3) is 0.600. The van der Waals surface area contributed by atoms with Crippen molar-refractivity contribution in [3.8, 4) is 0 Å². The standard InChI is InChI=1S/C15H23N5/c1-19-9-8-15(18-19)14(16)11-12-7-10-20(17-12)13-5-3-2-4-6-13/h7-10,13-14H,2-6,11,16H2,1H3. The number of aromatic nitrogens is 4. The van der Waals surface area contributed by atoms with Gasteiger partial charge in [0.25, 0.3) is 0 Å². The second-order valence-electron chi connectivity index (χ2n) is 5.80. The highest BCUT2D eigenvalue weighted by atomic mass is 15.3. The molecule has 0 spiro atoms. The molecule has 0 aliphatic heterocycles. The summed E-state index contributed by atoms with van der Waals surface area (Å²) in [5.41, 5.74) is 8.20. The van der Waals surface area contributed by atoms with E-state index in [-0.39, 0.29) is 6.04 Å². The van der Waals surface area contributed by atoms with Crippen LogP contribution in [0.4, 0.5) is 0 Å². The van der Waals surface area contributed by atoms with Crippen LogP contribution in [0, 0.1) is 0 Å². The van der Waals surface area contributed by atoms with E-state index >= 15 is 0 Å². The smallest absolute Gasteiger partial charge is 0.0795 e. The Labute approximate surface area is 119 Å². The molecule has 0 amide bonds. The molecule has 1 aliphatic rings. The molecule has 108 valence electrons. The molecule has 2 heterocycles. The Bertz CT molecular complexity index is 550. The number of hydrogen-bond donors (Lipinski definition) is 1. The summed E-state index contributed by atoms with van der Waals surface area (Å²) < 4.78 is 3.93. The molecule has 3 rings (SSSR count). The van der Waals surface area contributed by atoms with Crippen molar-refractivity contribution < 1.29 is 0 Å². The number of hydrogen-bond acceptors (Lipinski definition) is 3. The minimum absolute atomic E-state index is 0.0779. The molecule has 0 saturated heterocycles. The molecule has 2 aromatic rings. The summed E-state index contributed by atoms with van der Waals surface area (Å²) in [5, 5.41) is 9.07. The van der Waals surface area contributed by atoms with Crippen LogP contribution >= 0.6 is 0 Å². The maximum Gasteiger partial charge on any atom is 0.0795 e. The molecular formula is C15H23N5. The molecule has 1 fully saturated rings. The summed E-state index contributed by atoms with van der Waals surface area (Å²) in [6, 6.07) is 4.58. The van der Waals surface area contributed by atoms with Gasteiger partial charge in [-0.15, -0.1) is 0 Å². The van der Waals surface area contributed by atoms with Gasteiger partial charge in [0.1, 0.15) is 0 Å². The molecule has 5 heteroatoms. The second kappa shape index (κ2) is 5.79. The van der Waals surface area contributed by atoms with E-state index < -0.39 is 0 Å². The Balaban J connectivity index is 1.64. The van der Waals surface area contributed by atoms with E-state index in [0.717, 1.165) is 17.8 Å². The van der Waals surface area contributed by atoms with Gasteiger partial charge < -0.3 is 5.73 Å². The van der Waals surface area contributed by atoms with Gasteiger partial charge in [-0.05, 0) is 25.0 Å². The Morgan fingerprint density at radius 3 is 2.70 bits per heavy atom. The summed E-state index contributed by atoms with van der Waals surface area (Å²) >= 11 is 0. The first-order valence-corrected chi connectivity index (χ1v) is 7.51. The van der Waals surface area contributed by atoms with Gasteiger partial charge in [0.15, 0.2) is 0 Å². The molecule has 1 atom stereocenters. The average molecular weight is 273 g/mol. The first-order chi connectivity index (χ1) is 9.72. The first-order valence-electron chi connectivity index (χ1n) is 7.51. The molecule has 5 nitrogen and oxygen atoms in total. The van der Waals surface area contributed by atoms with E-state index in [4.69, 9.17) is 10.8 Å². The van der Waals surface area contributed by atoms with Crippen LogP contribution in [0.25, 0.3) is 0 Å². The third kappa shape index (κ3) is 2.93. The Morgan fingerprint density at radius 1 is 1.20 bits per heavy atom. The van der Waals surface area contributed by atoms with Crippen molar-refractivity contribution in [2.24, 2.45) is 12.8 Å². The topological polar surface area (TPSA) is 61.7 Å². The van der Waals surface area contributed by atoms with Crippen molar-refractivity contribution in [1.82, 2.24) is 19.6 Å². The minimum Gasteiger partial charge on any atom is -0.322 e. The van der Waals surface area contributed by atoms with Crippen molar-refractivity contribution in [3.63, 3.8) is 0 Å². The van der Waals surface area contributed by atoms with Crippen molar-refractivity contribution in [2.75, 3.05) is 0 Å². The molecule has 1 aliphatic carbocycles. The van der Waals surface area contributed by atoms with Gasteiger partial charge in [0.05, 0.1) is 23.5 Å². The highest BCUT2D eigenvalue weighted by Crippen LogP contribution is 2.27. The zero-order valence-electron chi connectivity index (χ0n) is 12.1. The molecule has 1 saturated carbocycles. The molecular weight excluding hydrogens is 250 g/mol. The van der Waals surface area contributed by atoms with Crippen LogP contribution in [-0.4, -0.2) is 19.6 Å². The van der Waals surface area contributed by atoms with E-state index in [0.29, 0.717) is 6.04 Å². The van der Waals surface area contributed by atoms with Crippen LogP contribution in [0.1, 0.15) is 55.6 Å². The van der Waals surface area contributed by atoms with E-state index in [1.165, 1.54) is 32.1 Å². The van der Waals surface area contributed by atoms with Gasteiger partial charge in [-0.25, -0.2) is 0 Å². The summed E-state index contributed by atoms with van der Waals surface area (Å²) in [7, 11) is 1.91. The number of nitrogens with zero attached hydrogens (tertiary/aromatic N) is 4. The summed E-state index contributed by atoms with van der Waals surface area (Å²) in [6.45, 7) is 0. The molecule has 1 unspecified atom stereocenters. The lowest BCUT2D eigenvalue weighted by Gasteiger charge is -2.21. The zero-order valence-corrected chi connectivity index (χ0v) is 12.1. The highest BCUT2D eigenvalue weighted by molar-refractivity contribution is 5.10. The van der Waals surface area contributed by atoms with Gasteiger partial charge in [0, 0.05) is 25.9 Å². The lowest BCUT2D eigenvalue weighted by molar-refractivity contribution is 0.328. The molecule has 0 bridgehead atoms. The van der Waals surface area contributed by atoms with Gasteiger partial charge in [-0.3, -0.25) is 9.36 Å². The second-order valence-corrected chi connectivity index (χ2v) is 5.80. The maximum absolute atomic E-state index is 6.20. The highest BCUT2D eigenvalue weighted by Gasteiger charge is 2.17. The summed E-state index contributed by atoms with van der Waals surface area (Å²) in [5.74, 6) is 0. The Kier molecular flexibility index (Phi) is 3.87. The summed E-state index contributed by atoms with van der Waals surface area (Å²) in [6.07, 6.45) is 11.3. The number of aryl methyl sites for hydroxylation is 1. The number of rotatable bonds is 4. The van der Waals surface area contributed by atoms with Crippen molar-refractivity contribution in [1.29, 1.82) is 0 Å². The fourth-order valence-corrected chi connectivity index (χ4v) is 3.00. The average Bonchev–Trinajstić information content (AvgIpc) is 3.09. The molecule has 20 heavy (non-hydrogen) atoms. The predicted octanol–water partition coefficient (Wildman–Crippen LogP) is 2.36. The van der Waals surface area contributed by atoms with Crippen LogP contribution in [0.15, 0.2) is 24.5 Å². The Morgan fingerprint density at radius 2 is 2.00 bits per heavy atom. The zero-order chi connectivity index (χ0) is 13.9. The first kappa shape index (κ1) is 13.4. The lowest BCUT2D eigenvalue weighted by Crippen LogP contribution is -2.16. The van der Waals surface area contributed by atoms with Gasteiger partial charge >= 0.3 is 0 Å². The van der Waals surface area contributed by atoms with Crippen LogP contribution < -0.4 is 5.73 Å². The van der Waals surface area contributed by atoms with Crippen molar-refractivity contribution in [3.05, 3.63) is 35.9 Å². The largest absolute Gasteiger partial charge is 0.322 e. The van der Waals surface area contributed by atoms with E-state index in [1.807, 2.05) is 19.3 Å². The van der Waals surface area contributed by atoms with Gasteiger partial charge in [0.2, 0.25) is 0 Å². The fourth-order valence-electron chi connectivity index (χ4n) is 3.00. The van der Waals surface area contributed by atoms with E-state index in [9.17, 15) is 0 Å². The maximum atomic E-state index is 6.20. The molecule has 2 aromatic heterocycles. The van der Waals surface area contributed by atoms with Crippen molar-refractivity contribution >= 4 is 0 Å². The predicted molar refractivity (Wildman–Crippen MR) is 78.2 cm³/mol. The van der Waals surface area contributed by atoms with Crippen LogP contribution in [0.3, 0.4) is 0 Å².